The highest BCUT2D eigenvalue weighted by Gasteiger charge is 2.09. The molecule has 1 aromatic carbocycles. The van der Waals surface area contributed by atoms with E-state index in [1.54, 1.807) is 0 Å². The zero-order valence-electron chi connectivity index (χ0n) is 10.4. The fourth-order valence-corrected chi connectivity index (χ4v) is 1.92. The quantitative estimate of drug-likeness (QED) is 0.767. The van der Waals surface area contributed by atoms with Gasteiger partial charge in [-0.05, 0) is 24.5 Å². The minimum Gasteiger partial charge on any atom is -0.492 e. The molecule has 90 valence electrons. The lowest BCUT2D eigenvalue weighted by Gasteiger charge is -2.17. The minimum absolute atomic E-state index is 0.141. The van der Waals surface area contributed by atoms with E-state index in [4.69, 9.17) is 10.5 Å². The number of benzene rings is 1. The van der Waals surface area contributed by atoms with Crippen LogP contribution in [0.3, 0.4) is 0 Å². The molecular formula is C14H23NO. The number of hydrogen-bond donors (Lipinski definition) is 1. The van der Waals surface area contributed by atoms with Crippen molar-refractivity contribution in [3.8, 4) is 5.75 Å². The third-order valence-corrected chi connectivity index (χ3v) is 2.69. The Morgan fingerprint density at radius 3 is 2.56 bits per heavy atom. The van der Waals surface area contributed by atoms with Crippen LogP contribution in [0.25, 0.3) is 0 Å². The Morgan fingerprint density at radius 1 is 1.25 bits per heavy atom. The van der Waals surface area contributed by atoms with Crippen molar-refractivity contribution in [3.05, 3.63) is 30.3 Å². The summed E-state index contributed by atoms with van der Waals surface area (Å²) in [6.45, 7) is 5.08. The lowest BCUT2D eigenvalue weighted by molar-refractivity contribution is 0.265. The number of ether oxygens (including phenoxy) is 1. The van der Waals surface area contributed by atoms with Crippen LogP contribution in [0, 0.1) is 5.92 Å². The van der Waals surface area contributed by atoms with Gasteiger partial charge in [-0.1, -0.05) is 44.9 Å². The first kappa shape index (κ1) is 13.0. The van der Waals surface area contributed by atoms with Crippen molar-refractivity contribution < 1.29 is 4.74 Å². The Kier molecular flexibility index (Phi) is 5.94. The van der Waals surface area contributed by atoms with E-state index in [0.717, 1.165) is 12.2 Å². The van der Waals surface area contributed by atoms with E-state index in [2.05, 4.69) is 13.8 Å². The van der Waals surface area contributed by atoms with Crippen molar-refractivity contribution >= 4 is 0 Å². The highest BCUT2D eigenvalue weighted by molar-refractivity contribution is 5.20. The van der Waals surface area contributed by atoms with Crippen molar-refractivity contribution in [2.75, 3.05) is 6.61 Å². The van der Waals surface area contributed by atoms with E-state index < -0.39 is 0 Å². The molecule has 0 amide bonds. The van der Waals surface area contributed by atoms with Crippen LogP contribution in [0.15, 0.2) is 30.3 Å². The molecule has 2 nitrogen and oxygen atoms in total. The van der Waals surface area contributed by atoms with Gasteiger partial charge in [0.2, 0.25) is 0 Å². The molecule has 0 fully saturated rings. The maximum atomic E-state index is 6.03. The molecule has 2 unspecified atom stereocenters. The van der Waals surface area contributed by atoms with Gasteiger partial charge in [0.05, 0.1) is 0 Å². The molecule has 2 heteroatoms. The van der Waals surface area contributed by atoms with Crippen LogP contribution in [0.2, 0.25) is 0 Å². The standard InChI is InChI=1S/C14H23NO/c1-3-7-12(2)10-13(15)11-16-14-8-5-4-6-9-14/h4-6,8-9,12-13H,3,7,10-11,15H2,1-2H3. The molecule has 1 aromatic rings. The van der Waals surface area contributed by atoms with E-state index >= 15 is 0 Å². The summed E-state index contributed by atoms with van der Waals surface area (Å²) in [4.78, 5) is 0. The molecule has 0 aromatic heterocycles. The Balaban J connectivity index is 2.22. The summed E-state index contributed by atoms with van der Waals surface area (Å²) in [5.74, 6) is 1.60. The molecule has 0 bridgehead atoms. The van der Waals surface area contributed by atoms with Gasteiger partial charge < -0.3 is 10.5 Å². The van der Waals surface area contributed by atoms with E-state index in [-0.39, 0.29) is 6.04 Å². The second kappa shape index (κ2) is 7.29. The highest BCUT2D eigenvalue weighted by atomic mass is 16.5. The molecule has 0 aliphatic carbocycles. The van der Waals surface area contributed by atoms with E-state index in [1.807, 2.05) is 30.3 Å². The normalized spacial score (nSPS) is 14.4. The molecule has 1 rings (SSSR count). The summed E-state index contributed by atoms with van der Waals surface area (Å²) < 4.78 is 5.62. The van der Waals surface area contributed by atoms with Crippen molar-refractivity contribution in [3.63, 3.8) is 0 Å². The van der Waals surface area contributed by atoms with E-state index in [9.17, 15) is 0 Å². The van der Waals surface area contributed by atoms with Gasteiger partial charge in [-0.15, -0.1) is 0 Å². The number of rotatable bonds is 7. The van der Waals surface area contributed by atoms with Crippen LogP contribution in [0.4, 0.5) is 0 Å². The molecule has 0 spiro atoms. The molecule has 0 saturated carbocycles. The first-order valence-corrected chi connectivity index (χ1v) is 6.15. The average molecular weight is 221 g/mol. The summed E-state index contributed by atoms with van der Waals surface area (Å²) in [6, 6.07) is 9.99. The van der Waals surface area contributed by atoms with Crippen LogP contribution in [0.5, 0.6) is 5.75 Å². The smallest absolute Gasteiger partial charge is 0.119 e. The van der Waals surface area contributed by atoms with E-state index in [1.165, 1.54) is 12.8 Å². The zero-order chi connectivity index (χ0) is 11.8. The molecule has 0 aliphatic rings. The molecule has 0 saturated heterocycles. The molecule has 2 N–H and O–H groups in total. The Hall–Kier alpha value is -1.02. The molecule has 0 heterocycles. The SMILES string of the molecule is CCCC(C)CC(N)COc1ccccc1. The molecule has 16 heavy (non-hydrogen) atoms. The van der Waals surface area contributed by atoms with Crippen molar-refractivity contribution in [1.82, 2.24) is 0 Å². The zero-order valence-corrected chi connectivity index (χ0v) is 10.4. The van der Waals surface area contributed by atoms with Gasteiger partial charge in [-0.2, -0.15) is 0 Å². The predicted molar refractivity (Wildman–Crippen MR) is 68.6 cm³/mol. The van der Waals surface area contributed by atoms with Crippen LogP contribution in [-0.4, -0.2) is 12.6 Å². The van der Waals surface area contributed by atoms with Crippen LogP contribution in [0.1, 0.15) is 33.1 Å². The highest BCUT2D eigenvalue weighted by Crippen LogP contribution is 2.13. The second-order valence-electron chi connectivity index (χ2n) is 4.51. The Morgan fingerprint density at radius 2 is 1.94 bits per heavy atom. The summed E-state index contributed by atoms with van der Waals surface area (Å²) in [5.41, 5.74) is 6.03. The predicted octanol–water partition coefficient (Wildman–Crippen LogP) is 3.22. The maximum Gasteiger partial charge on any atom is 0.119 e. The van der Waals surface area contributed by atoms with Gasteiger partial charge in [-0.25, -0.2) is 0 Å². The summed E-state index contributed by atoms with van der Waals surface area (Å²) in [6.07, 6.45) is 3.52. The summed E-state index contributed by atoms with van der Waals surface area (Å²) in [7, 11) is 0. The van der Waals surface area contributed by atoms with Gasteiger partial charge in [0.15, 0.2) is 0 Å². The topological polar surface area (TPSA) is 35.2 Å². The van der Waals surface area contributed by atoms with Crippen molar-refractivity contribution in [1.29, 1.82) is 0 Å². The summed E-state index contributed by atoms with van der Waals surface area (Å²) >= 11 is 0. The summed E-state index contributed by atoms with van der Waals surface area (Å²) in [5, 5.41) is 0. The fraction of sp³-hybridized carbons (Fsp3) is 0.571. The lowest BCUT2D eigenvalue weighted by Crippen LogP contribution is -2.29. The Labute approximate surface area is 98.8 Å². The lowest BCUT2D eigenvalue weighted by atomic mass is 9.98. The minimum atomic E-state index is 0.141. The third kappa shape index (κ3) is 5.17. The van der Waals surface area contributed by atoms with Crippen molar-refractivity contribution in [2.24, 2.45) is 11.7 Å². The van der Waals surface area contributed by atoms with Gasteiger partial charge in [0, 0.05) is 6.04 Å². The number of para-hydroxylation sites is 1. The number of hydrogen-bond acceptors (Lipinski definition) is 2. The molecular weight excluding hydrogens is 198 g/mol. The maximum absolute atomic E-state index is 6.03. The number of nitrogens with two attached hydrogens (primary N) is 1. The average Bonchev–Trinajstić information content (AvgIpc) is 2.28. The Bertz CT molecular complexity index is 273. The first-order valence-electron chi connectivity index (χ1n) is 6.15. The molecule has 0 aliphatic heterocycles. The van der Waals surface area contributed by atoms with Crippen LogP contribution in [-0.2, 0) is 0 Å². The molecule has 2 atom stereocenters. The van der Waals surface area contributed by atoms with Gasteiger partial charge in [0.25, 0.3) is 0 Å². The van der Waals surface area contributed by atoms with Gasteiger partial charge in [-0.3, -0.25) is 0 Å². The third-order valence-electron chi connectivity index (χ3n) is 2.69. The van der Waals surface area contributed by atoms with Gasteiger partial charge >= 0.3 is 0 Å². The first-order chi connectivity index (χ1) is 7.72. The van der Waals surface area contributed by atoms with Crippen molar-refractivity contribution in [2.45, 2.75) is 39.2 Å². The monoisotopic (exact) mass is 221 g/mol. The van der Waals surface area contributed by atoms with E-state index in [0.29, 0.717) is 12.5 Å². The van der Waals surface area contributed by atoms with Crippen LogP contribution >= 0.6 is 0 Å². The second-order valence-corrected chi connectivity index (χ2v) is 4.51. The van der Waals surface area contributed by atoms with Crippen LogP contribution < -0.4 is 10.5 Å². The molecule has 0 radical (unpaired) electrons. The largest absolute Gasteiger partial charge is 0.492 e. The van der Waals surface area contributed by atoms with Gasteiger partial charge in [0.1, 0.15) is 12.4 Å². The fourth-order valence-electron chi connectivity index (χ4n) is 1.92.